The van der Waals surface area contributed by atoms with Gasteiger partial charge in [-0.15, -0.1) is 10.2 Å². The van der Waals surface area contributed by atoms with Crippen LogP contribution >= 0.6 is 23.2 Å². The fourth-order valence-electron chi connectivity index (χ4n) is 2.99. The summed E-state index contributed by atoms with van der Waals surface area (Å²) in [5.74, 6) is 0.791. The van der Waals surface area contributed by atoms with Gasteiger partial charge in [-0.2, -0.15) is 18.3 Å². The van der Waals surface area contributed by atoms with Crippen LogP contribution in [0.1, 0.15) is 47.5 Å². The predicted molar refractivity (Wildman–Crippen MR) is 96.5 cm³/mol. The highest BCUT2D eigenvalue weighted by atomic mass is 35.5. The average molecular weight is 431 g/mol. The van der Waals surface area contributed by atoms with Crippen molar-refractivity contribution < 1.29 is 17.6 Å². The van der Waals surface area contributed by atoms with E-state index in [1.807, 2.05) is 12.1 Å². The molecule has 0 amide bonds. The molecule has 1 aromatic carbocycles. The third-order valence-corrected chi connectivity index (χ3v) is 5.10. The highest BCUT2D eigenvalue weighted by Crippen LogP contribution is 2.46. The summed E-state index contributed by atoms with van der Waals surface area (Å²) >= 11 is 11.8. The van der Waals surface area contributed by atoms with E-state index in [1.54, 1.807) is 12.1 Å². The molecular formula is C18H15Cl2F3N4O. The molecule has 1 fully saturated rings. The van der Waals surface area contributed by atoms with Crippen LogP contribution in [-0.2, 0) is 25.6 Å². The van der Waals surface area contributed by atoms with E-state index in [9.17, 15) is 13.2 Å². The first-order valence-electron chi connectivity index (χ1n) is 8.70. The fraction of sp³-hybridized carbons (Fsp3) is 0.389. The summed E-state index contributed by atoms with van der Waals surface area (Å²) in [5.41, 5.74) is 0.365. The minimum atomic E-state index is -4.58. The van der Waals surface area contributed by atoms with Gasteiger partial charge in [0, 0.05) is 17.4 Å². The molecule has 0 saturated heterocycles. The van der Waals surface area contributed by atoms with Gasteiger partial charge in [0.25, 0.3) is 0 Å². The molecule has 10 heteroatoms. The summed E-state index contributed by atoms with van der Waals surface area (Å²) < 4.78 is 46.3. The number of nitrogens with zero attached hydrogens (tertiary/aromatic N) is 4. The van der Waals surface area contributed by atoms with Gasteiger partial charge in [0.05, 0.1) is 23.7 Å². The van der Waals surface area contributed by atoms with Gasteiger partial charge in [-0.05, 0) is 30.5 Å². The molecule has 3 aromatic rings. The SMILES string of the molecule is FC(F)(F)c1nn(CCc2nnc(Cc3ccc(Cl)cc3)o2)c(C2CC2)c1Cl. The van der Waals surface area contributed by atoms with E-state index in [0.29, 0.717) is 28.9 Å². The third-order valence-electron chi connectivity index (χ3n) is 4.48. The van der Waals surface area contributed by atoms with Crippen molar-refractivity contribution in [3.63, 3.8) is 0 Å². The van der Waals surface area contributed by atoms with Crippen LogP contribution in [0.2, 0.25) is 10.0 Å². The molecule has 1 saturated carbocycles. The number of alkyl halides is 3. The zero-order valence-corrected chi connectivity index (χ0v) is 16.0. The van der Waals surface area contributed by atoms with Gasteiger partial charge in [0.2, 0.25) is 11.8 Å². The lowest BCUT2D eigenvalue weighted by atomic mass is 10.1. The largest absolute Gasteiger partial charge is 0.436 e. The Morgan fingerprint density at radius 3 is 2.39 bits per heavy atom. The number of aromatic nitrogens is 4. The second kappa shape index (κ2) is 7.40. The van der Waals surface area contributed by atoms with Gasteiger partial charge in [-0.25, -0.2) is 0 Å². The molecule has 0 bridgehead atoms. The van der Waals surface area contributed by atoms with Crippen LogP contribution in [0.25, 0.3) is 0 Å². The van der Waals surface area contributed by atoms with E-state index in [2.05, 4.69) is 15.3 Å². The lowest BCUT2D eigenvalue weighted by Gasteiger charge is -2.04. The molecule has 0 radical (unpaired) electrons. The first-order valence-corrected chi connectivity index (χ1v) is 9.46. The molecule has 148 valence electrons. The second-order valence-corrected chi connectivity index (χ2v) is 7.50. The Kier molecular flexibility index (Phi) is 5.09. The Balaban J connectivity index is 1.46. The van der Waals surface area contributed by atoms with Gasteiger partial charge in [-0.1, -0.05) is 35.3 Å². The zero-order valence-electron chi connectivity index (χ0n) is 14.5. The predicted octanol–water partition coefficient (Wildman–Crippen LogP) is 5.30. The highest BCUT2D eigenvalue weighted by molar-refractivity contribution is 6.32. The van der Waals surface area contributed by atoms with Crippen LogP contribution in [0.5, 0.6) is 0 Å². The Labute approximate surface area is 168 Å². The van der Waals surface area contributed by atoms with Crippen molar-refractivity contribution in [3.8, 4) is 0 Å². The first kappa shape index (κ1) is 19.3. The fourth-order valence-corrected chi connectivity index (χ4v) is 3.51. The maximum atomic E-state index is 13.1. The van der Waals surface area contributed by atoms with Gasteiger partial charge >= 0.3 is 6.18 Å². The Bertz CT molecular complexity index is 978. The Morgan fingerprint density at radius 1 is 1.07 bits per heavy atom. The topological polar surface area (TPSA) is 56.7 Å². The summed E-state index contributed by atoms with van der Waals surface area (Å²) in [7, 11) is 0. The molecule has 4 rings (SSSR count). The summed E-state index contributed by atoms with van der Waals surface area (Å²) in [6, 6.07) is 7.26. The number of hydrogen-bond donors (Lipinski definition) is 0. The van der Waals surface area contributed by atoms with E-state index in [-0.39, 0.29) is 23.9 Å². The number of halogens is 5. The number of aryl methyl sites for hydroxylation is 2. The normalized spacial score (nSPS) is 14.6. The van der Waals surface area contributed by atoms with Crippen molar-refractivity contribution in [1.29, 1.82) is 0 Å². The van der Waals surface area contributed by atoms with Crippen LogP contribution in [0.4, 0.5) is 13.2 Å². The molecule has 5 nitrogen and oxygen atoms in total. The second-order valence-electron chi connectivity index (χ2n) is 6.69. The number of hydrogen-bond acceptors (Lipinski definition) is 4. The van der Waals surface area contributed by atoms with Crippen LogP contribution in [0.15, 0.2) is 28.7 Å². The minimum absolute atomic E-state index is 0.0271. The van der Waals surface area contributed by atoms with Crippen molar-refractivity contribution in [3.05, 3.63) is 63.0 Å². The van der Waals surface area contributed by atoms with Crippen LogP contribution in [-0.4, -0.2) is 20.0 Å². The lowest BCUT2D eigenvalue weighted by molar-refractivity contribution is -0.141. The smallest absolute Gasteiger partial charge is 0.425 e. The molecule has 0 N–H and O–H groups in total. The van der Waals surface area contributed by atoms with E-state index < -0.39 is 11.9 Å². The maximum absolute atomic E-state index is 13.1. The minimum Gasteiger partial charge on any atom is -0.425 e. The van der Waals surface area contributed by atoms with Crippen molar-refractivity contribution in [1.82, 2.24) is 20.0 Å². The first-order chi connectivity index (χ1) is 13.3. The lowest BCUT2D eigenvalue weighted by Crippen LogP contribution is -2.10. The maximum Gasteiger partial charge on any atom is 0.436 e. The van der Waals surface area contributed by atoms with Crippen LogP contribution in [0, 0.1) is 0 Å². The molecule has 2 heterocycles. The van der Waals surface area contributed by atoms with Gasteiger partial charge in [-0.3, -0.25) is 4.68 Å². The summed E-state index contributed by atoms with van der Waals surface area (Å²) in [6.45, 7) is 0.185. The molecule has 1 aliphatic rings. The Hall–Kier alpha value is -2.06. The summed E-state index contributed by atoms with van der Waals surface area (Å²) in [6.07, 6.45) is -2.24. The Morgan fingerprint density at radius 2 is 1.75 bits per heavy atom. The number of rotatable bonds is 6. The third kappa shape index (κ3) is 4.17. The van der Waals surface area contributed by atoms with Gasteiger partial charge < -0.3 is 4.42 Å². The average Bonchev–Trinajstić information content (AvgIpc) is 3.27. The molecule has 0 spiro atoms. The zero-order chi connectivity index (χ0) is 19.9. The number of benzene rings is 1. The van der Waals surface area contributed by atoms with E-state index in [1.165, 1.54) is 4.68 Å². The molecule has 1 aliphatic carbocycles. The standard InChI is InChI=1S/C18H15Cl2F3N4O/c19-12-5-1-10(2-6-12)9-14-25-24-13(28-14)7-8-27-16(11-3-4-11)15(20)17(26-27)18(21,22)23/h1-2,5-6,11H,3-4,7-9H2. The molecule has 0 atom stereocenters. The van der Waals surface area contributed by atoms with Crippen molar-refractivity contribution in [2.24, 2.45) is 0 Å². The molecular weight excluding hydrogens is 416 g/mol. The van der Waals surface area contributed by atoms with Crippen molar-refractivity contribution >= 4 is 23.2 Å². The van der Waals surface area contributed by atoms with E-state index in [0.717, 1.165) is 18.4 Å². The van der Waals surface area contributed by atoms with Crippen molar-refractivity contribution in [2.75, 3.05) is 0 Å². The molecule has 2 aromatic heterocycles. The molecule has 0 aliphatic heterocycles. The quantitative estimate of drug-likeness (QED) is 0.532. The highest BCUT2D eigenvalue weighted by Gasteiger charge is 2.42. The molecule has 0 unspecified atom stereocenters. The van der Waals surface area contributed by atoms with E-state index in [4.69, 9.17) is 27.6 Å². The molecule has 28 heavy (non-hydrogen) atoms. The van der Waals surface area contributed by atoms with Crippen LogP contribution in [0.3, 0.4) is 0 Å². The van der Waals surface area contributed by atoms with E-state index >= 15 is 0 Å². The van der Waals surface area contributed by atoms with Crippen molar-refractivity contribution in [2.45, 2.75) is 44.3 Å². The monoisotopic (exact) mass is 430 g/mol. The van der Waals surface area contributed by atoms with Gasteiger partial charge in [0.1, 0.15) is 0 Å². The summed E-state index contributed by atoms with van der Waals surface area (Å²) in [5, 5.41) is 12.0. The van der Waals surface area contributed by atoms with Crippen LogP contribution < -0.4 is 0 Å². The summed E-state index contributed by atoms with van der Waals surface area (Å²) in [4.78, 5) is 0. The van der Waals surface area contributed by atoms with Gasteiger partial charge in [0.15, 0.2) is 5.69 Å².